The molecule has 5 nitrogen and oxygen atoms in total. The van der Waals surface area contributed by atoms with Crippen LogP contribution in [0.15, 0.2) is 24.3 Å². The summed E-state index contributed by atoms with van der Waals surface area (Å²) in [5.41, 5.74) is 2.39. The van der Waals surface area contributed by atoms with Crippen molar-refractivity contribution in [3.8, 4) is 11.4 Å². The lowest BCUT2D eigenvalue weighted by molar-refractivity contribution is 0.175. The van der Waals surface area contributed by atoms with Crippen molar-refractivity contribution in [3.63, 3.8) is 0 Å². The number of aromatic nitrogens is 3. The van der Waals surface area contributed by atoms with Gasteiger partial charge in [-0.15, -0.1) is 0 Å². The molecule has 1 aliphatic rings. The van der Waals surface area contributed by atoms with Crippen molar-refractivity contribution in [1.82, 2.24) is 20.1 Å². The molecule has 0 unspecified atom stereocenters. The van der Waals surface area contributed by atoms with E-state index in [1.165, 1.54) is 37.9 Å². The maximum absolute atomic E-state index is 5.06. The molecule has 1 fully saturated rings. The molecule has 1 aromatic carbocycles. The Labute approximate surface area is 131 Å². The van der Waals surface area contributed by atoms with Crippen molar-refractivity contribution in [2.24, 2.45) is 0 Å². The number of benzene rings is 1. The highest BCUT2D eigenvalue weighted by molar-refractivity contribution is 5.55. The number of likely N-dealkylation sites (tertiary alicyclic amines) is 1. The molecule has 22 heavy (non-hydrogen) atoms. The highest BCUT2D eigenvalue weighted by Crippen LogP contribution is 2.25. The maximum atomic E-state index is 5.06. The third kappa shape index (κ3) is 3.36. The fourth-order valence-corrected chi connectivity index (χ4v) is 3.05. The predicted molar refractivity (Wildman–Crippen MR) is 86.4 cm³/mol. The number of piperidine rings is 1. The van der Waals surface area contributed by atoms with Crippen molar-refractivity contribution >= 4 is 0 Å². The van der Waals surface area contributed by atoms with E-state index in [1.807, 2.05) is 0 Å². The van der Waals surface area contributed by atoms with Crippen LogP contribution in [0.5, 0.6) is 0 Å². The minimum absolute atomic E-state index is 0.455. The average molecular weight is 300 g/mol. The van der Waals surface area contributed by atoms with Gasteiger partial charge in [0, 0.05) is 18.7 Å². The maximum Gasteiger partial charge on any atom is 0.181 e. The molecule has 5 heteroatoms. The summed E-state index contributed by atoms with van der Waals surface area (Å²) < 4.78 is 5.06. The molecular weight excluding hydrogens is 276 g/mol. The van der Waals surface area contributed by atoms with Crippen LogP contribution in [0.4, 0.5) is 0 Å². The van der Waals surface area contributed by atoms with Gasteiger partial charge >= 0.3 is 0 Å². The Morgan fingerprint density at radius 2 is 1.91 bits per heavy atom. The molecular formula is C17H24N4O. The van der Waals surface area contributed by atoms with Gasteiger partial charge in [0.2, 0.25) is 0 Å². The Morgan fingerprint density at radius 3 is 2.59 bits per heavy atom. The number of hydrogen-bond acceptors (Lipinski definition) is 4. The Morgan fingerprint density at radius 1 is 1.18 bits per heavy atom. The van der Waals surface area contributed by atoms with E-state index in [9.17, 15) is 0 Å². The Bertz CT molecular complexity index is 587. The van der Waals surface area contributed by atoms with Crippen LogP contribution in [0.25, 0.3) is 11.4 Å². The lowest BCUT2D eigenvalue weighted by atomic mass is 10.0. The molecule has 0 amide bonds. The summed E-state index contributed by atoms with van der Waals surface area (Å²) >= 11 is 0. The molecule has 1 aromatic heterocycles. The van der Waals surface area contributed by atoms with Gasteiger partial charge < -0.3 is 4.74 Å². The first kappa shape index (κ1) is 15.2. The lowest BCUT2D eigenvalue weighted by Gasteiger charge is -2.32. The summed E-state index contributed by atoms with van der Waals surface area (Å²) in [6.07, 6.45) is 4.01. The Balaban J connectivity index is 1.71. The van der Waals surface area contributed by atoms with Crippen molar-refractivity contribution in [2.45, 2.75) is 38.8 Å². The Kier molecular flexibility index (Phi) is 4.85. The van der Waals surface area contributed by atoms with Crippen LogP contribution in [-0.4, -0.2) is 40.3 Å². The summed E-state index contributed by atoms with van der Waals surface area (Å²) in [5.74, 6) is 1.48. The summed E-state index contributed by atoms with van der Waals surface area (Å²) in [7, 11) is 1.65. The molecule has 0 saturated carbocycles. The first-order valence-electron chi connectivity index (χ1n) is 8.02. The quantitative estimate of drug-likeness (QED) is 0.921. The van der Waals surface area contributed by atoms with Gasteiger partial charge in [0.1, 0.15) is 6.61 Å². The van der Waals surface area contributed by atoms with E-state index in [2.05, 4.69) is 51.3 Å². The topological polar surface area (TPSA) is 54.0 Å². The van der Waals surface area contributed by atoms with Crippen LogP contribution in [0, 0.1) is 0 Å². The summed E-state index contributed by atoms with van der Waals surface area (Å²) in [6, 6.07) is 9.08. The standard InChI is InChI=1S/C17H24N4O/c1-13(21-10-4-3-5-11-21)14-6-8-15(9-7-14)17-18-16(12-22-2)19-20-17/h6-9,13H,3-5,10-12H2,1-2H3,(H,18,19,20)/t13-/m0/s1. The number of nitrogens with zero attached hydrogens (tertiary/aromatic N) is 3. The lowest BCUT2D eigenvalue weighted by Crippen LogP contribution is -2.32. The first-order chi connectivity index (χ1) is 10.8. The number of aromatic amines is 1. The van der Waals surface area contributed by atoms with E-state index in [0.29, 0.717) is 12.6 Å². The second-order valence-corrected chi connectivity index (χ2v) is 5.93. The van der Waals surface area contributed by atoms with Crippen molar-refractivity contribution < 1.29 is 4.74 Å². The minimum Gasteiger partial charge on any atom is -0.377 e. The molecule has 3 rings (SSSR count). The van der Waals surface area contributed by atoms with Crippen molar-refractivity contribution in [2.75, 3.05) is 20.2 Å². The third-order valence-corrected chi connectivity index (χ3v) is 4.40. The zero-order valence-corrected chi connectivity index (χ0v) is 13.4. The fourth-order valence-electron chi connectivity index (χ4n) is 3.05. The molecule has 0 radical (unpaired) electrons. The number of rotatable bonds is 5. The average Bonchev–Trinajstić information content (AvgIpc) is 3.04. The summed E-state index contributed by atoms with van der Waals surface area (Å²) in [5, 5.41) is 7.14. The zero-order valence-electron chi connectivity index (χ0n) is 13.4. The van der Waals surface area contributed by atoms with Gasteiger partial charge in [-0.25, -0.2) is 4.98 Å². The Hall–Kier alpha value is -1.72. The second kappa shape index (κ2) is 7.03. The van der Waals surface area contributed by atoms with E-state index in [4.69, 9.17) is 4.74 Å². The van der Waals surface area contributed by atoms with E-state index in [0.717, 1.165) is 17.2 Å². The van der Waals surface area contributed by atoms with Gasteiger partial charge in [-0.2, -0.15) is 5.10 Å². The minimum atomic E-state index is 0.455. The number of nitrogens with one attached hydrogen (secondary N) is 1. The molecule has 1 saturated heterocycles. The molecule has 2 aromatic rings. The van der Waals surface area contributed by atoms with E-state index in [1.54, 1.807) is 7.11 Å². The van der Waals surface area contributed by atoms with Crippen LogP contribution in [0.2, 0.25) is 0 Å². The number of H-pyrrole nitrogens is 1. The van der Waals surface area contributed by atoms with Gasteiger partial charge in [-0.1, -0.05) is 30.7 Å². The normalized spacial score (nSPS) is 17.5. The van der Waals surface area contributed by atoms with Gasteiger partial charge in [-0.3, -0.25) is 10.00 Å². The van der Waals surface area contributed by atoms with Gasteiger partial charge in [-0.05, 0) is 38.4 Å². The van der Waals surface area contributed by atoms with E-state index >= 15 is 0 Å². The van der Waals surface area contributed by atoms with Gasteiger partial charge in [0.25, 0.3) is 0 Å². The molecule has 0 aliphatic carbocycles. The molecule has 118 valence electrons. The highest BCUT2D eigenvalue weighted by atomic mass is 16.5. The first-order valence-corrected chi connectivity index (χ1v) is 8.02. The summed E-state index contributed by atoms with van der Waals surface area (Å²) in [6.45, 7) is 5.18. The SMILES string of the molecule is COCc1nc(-c2ccc([C@H](C)N3CCCCC3)cc2)n[nH]1. The van der Waals surface area contributed by atoms with Crippen molar-refractivity contribution in [3.05, 3.63) is 35.7 Å². The van der Waals surface area contributed by atoms with Crippen LogP contribution in [0.1, 0.15) is 43.6 Å². The van der Waals surface area contributed by atoms with Crippen LogP contribution in [-0.2, 0) is 11.3 Å². The van der Waals surface area contributed by atoms with Gasteiger partial charge in [0.15, 0.2) is 11.6 Å². The van der Waals surface area contributed by atoms with Gasteiger partial charge in [0.05, 0.1) is 0 Å². The van der Waals surface area contributed by atoms with E-state index in [-0.39, 0.29) is 0 Å². The molecule has 1 atom stereocenters. The molecule has 1 aliphatic heterocycles. The van der Waals surface area contributed by atoms with Crippen LogP contribution >= 0.6 is 0 Å². The van der Waals surface area contributed by atoms with Crippen LogP contribution in [0.3, 0.4) is 0 Å². The smallest absolute Gasteiger partial charge is 0.181 e. The predicted octanol–water partition coefficient (Wildman–Crippen LogP) is 3.17. The number of hydrogen-bond donors (Lipinski definition) is 1. The summed E-state index contributed by atoms with van der Waals surface area (Å²) in [4.78, 5) is 7.00. The molecule has 2 heterocycles. The third-order valence-electron chi connectivity index (χ3n) is 4.40. The molecule has 0 spiro atoms. The second-order valence-electron chi connectivity index (χ2n) is 5.93. The number of methoxy groups -OCH3 is 1. The van der Waals surface area contributed by atoms with Crippen LogP contribution < -0.4 is 0 Å². The molecule has 1 N–H and O–H groups in total. The largest absolute Gasteiger partial charge is 0.377 e. The zero-order chi connectivity index (χ0) is 15.4. The molecule has 0 bridgehead atoms. The fraction of sp³-hybridized carbons (Fsp3) is 0.529. The number of ether oxygens (including phenoxy) is 1. The monoisotopic (exact) mass is 300 g/mol. The van der Waals surface area contributed by atoms with Crippen molar-refractivity contribution in [1.29, 1.82) is 0 Å². The van der Waals surface area contributed by atoms with E-state index < -0.39 is 0 Å². The highest BCUT2D eigenvalue weighted by Gasteiger charge is 2.18.